The van der Waals surface area contributed by atoms with Crippen molar-refractivity contribution in [2.75, 3.05) is 7.11 Å². The maximum absolute atomic E-state index is 12.5. The predicted octanol–water partition coefficient (Wildman–Crippen LogP) is 3.95. The van der Waals surface area contributed by atoms with E-state index in [-0.39, 0.29) is 5.91 Å². The number of ether oxygens (including phenoxy) is 1. The summed E-state index contributed by atoms with van der Waals surface area (Å²) in [6.45, 7) is 4.49. The number of benzene rings is 1. The lowest BCUT2D eigenvalue weighted by Gasteiger charge is -2.11. The Morgan fingerprint density at radius 3 is 2.59 bits per heavy atom. The van der Waals surface area contributed by atoms with Gasteiger partial charge in [0.25, 0.3) is 5.91 Å². The zero-order valence-corrected chi connectivity index (χ0v) is 16.6. The third-order valence-electron chi connectivity index (χ3n) is 4.86. The molecule has 0 unspecified atom stereocenters. The van der Waals surface area contributed by atoms with E-state index >= 15 is 0 Å². The van der Waals surface area contributed by atoms with Crippen LogP contribution in [0.5, 0.6) is 5.75 Å². The van der Waals surface area contributed by atoms with Crippen molar-refractivity contribution in [3.63, 3.8) is 0 Å². The Morgan fingerprint density at radius 1 is 1.10 bits per heavy atom. The highest BCUT2D eigenvalue weighted by Gasteiger charge is 2.12. The lowest BCUT2D eigenvalue weighted by Crippen LogP contribution is -2.23. The Balaban J connectivity index is 1.58. The van der Waals surface area contributed by atoms with Crippen LogP contribution in [0, 0.1) is 13.8 Å². The molecule has 146 valence electrons. The van der Waals surface area contributed by atoms with Crippen molar-refractivity contribution in [2.45, 2.75) is 20.4 Å². The summed E-state index contributed by atoms with van der Waals surface area (Å²) in [4.78, 5) is 21.0. The molecular weight excluding hydrogens is 364 g/mol. The summed E-state index contributed by atoms with van der Waals surface area (Å²) < 4.78 is 7.34. The molecule has 0 saturated heterocycles. The number of hydrogen-bond acceptors (Lipinski definition) is 4. The molecule has 1 aromatic carbocycles. The van der Waals surface area contributed by atoms with Crippen LogP contribution in [0.3, 0.4) is 0 Å². The van der Waals surface area contributed by atoms with E-state index in [4.69, 9.17) is 4.74 Å². The van der Waals surface area contributed by atoms with E-state index < -0.39 is 0 Å². The third-order valence-corrected chi connectivity index (χ3v) is 4.86. The van der Waals surface area contributed by atoms with Crippen LogP contribution < -0.4 is 10.1 Å². The number of carbonyl (C=O) groups excluding carboxylic acids is 1. The van der Waals surface area contributed by atoms with Gasteiger partial charge in [0.05, 0.1) is 7.11 Å². The summed E-state index contributed by atoms with van der Waals surface area (Å²) in [5, 5.41) is 2.88. The number of aryl methyl sites for hydroxylation is 2. The molecule has 1 amide bonds. The minimum absolute atomic E-state index is 0.213. The first-order valence-electron chi connectivity index (χ1n) is 9.36. The number of hydrogen-bond donors (Lipinski definition) is 1. The second kappa shape index (κ2) is 7.75. The molecule has 0 fully saturated rings. The lowest BCUT2D eigenvalue weighted by atomic mass is 10.0. The molecule has 0 spiro atoms. The largest absolute Gasteiger partial charge is 0.496 e. The van der Waals surface area contributed by atoms with Crippen molar-refractivity contribution in [1.82, 2.24) is 19.7 Å². The van der Waals surface area contributed by atoms with Gasteiger partial charge < -0.3 is 14.5 Å². The fraction of sp³-hybridized carbons (Fsp3) is 0.174. The van der Waals surface area contributed by atoms with Gasteiger partial charge in [0, 0.05) is 31.3 Å². The summed E-state index contributed by atoms with van der Waals surface area (Å²) in [5.74, 6) is 0.695. The monoisotopic (exact) mass is 386 g/mol. The van der Waals surface area contributed by atoms with Gasteiger partial charge in [0.15, 0.2) is 0 Å². The van der Waals surface area contributed by atoms with Crippen LogP contribution in [0.4, 0.5) is 0 Å². The molecule has 0 radical (unpaired) electrons. The SMILES string of the molecule is COc1c(C)cc(-c2ccc3nc(C(=O)NCc4cccnc4)cn3c2)cc1C. The van der Waals surface area contributed by atoms with E-state index in [2.05, 4.69) is 27.4 Å². The van der Waals surface area contributed by atoms with Crippen molar-refractivity contribution < 1.29 is 9.53 Å². The molecule has 3 heterocycles. The molecular formula is C23H22N4O2. The summed E-state index contributed by atoms with van der Waals surface area (Å²) >= 11 is 0. The Hall–Kier alpha value is -3.67. The third kappa shape index (κ3) is 3.82. The summed E-state index contributed by atoms with van der Waals surface area (Å²) in [5.41, 5.74) is 6.37. The lowest BCUT2D eigenvalue weighted by molar-refractivity contribution is 0.0946. The second-order valence-corrected chi connectivity index (χ2v) is 7.00. The highest BCUT2D eigenvalue weighted by molar-refractivity contribution is 5.92. The van der Waals surface area contributed by atoms with Gasteiger partial charge in [-0.1, -0.05) is 6.07 Å². The molecule has 4 aromatic rings. The number of pyridine rings is 2. The van der Waals surface area contributed by atoms with Crippen LogP contribution in [-0.2, 0) is 6.54 Å². The maximum Gasteiger partial charge on any atom is 0.271 e. The summed E-state index contributed by atoms with van der Waals surface area (Å²) in [7, 11) is 1.69. The molecule has 0 saturated carbocycles. The van der Waals surface area contributed by atoms with Crippen LogP contribution >= 0.6 is 0 Å². The number of carbonyl (C=O) groups is 1. The molecule has 0 bridgehead atoms. The molecule has 6 nitrogen and oxygen atoms in total. The van der Waals surface area contributed by atoms with E-state index in [0.29, 0.717) is 12.2 Å². The van der Waals surface area contributed by atoms with Crippen molar-refractivity contribution in [1.29, 1.82) is 0 Å². The molecule has 1 N–H and O–H groups in total. The first-order chi connectivity index (χ1) is 14.0. The van der Waals surface area contributed by atoms with Gasteiger partial charge in [-0.3, -0.25) is 9.78 Å². The van der Waals surface area contributed by atoms with Crippen molar-refractivity contribution >= 4 is 11.6 Å². The zero-order valence-electron chi connectivity index (χ0n) is 16.6. The average molecular weight is 386 g/mol. The normalized spacial score (nSPS) is 10.9. The van der Waals surface area contributed by atoms with Gasteiger partial charge in [-0.25, -0.2) is 4.98 Å². The Bertz CT molecular complexity index is 1160. The molecule has 0 aliphatic carbocycles. The number of nitrogens with one attached hydrogen (secondary N) is 1. The van der Waals surface area contributed by atoms with Gasteiger partial charge in [-0.05, 0) is 72.0 Å². The standard InChI is InChI=1S/C23H22N4O2/c1-15-9-19(10-16(2)22(15)29-3)18-6-7-21-26-20(14-27(21)13-18)23(28)25-12-17-5-4-8-24-11-17/h4-11,13-14H,12H2,1-3H3,(H,25,28). The summed E-state index contributed by atoms with van der Waals surface area (Å²) in [6, 6.07) is 11.9. The van der Waals surface area contributed by atoms with E-state index in [1.165, 1.54) is 0 Å². The molecule has 0 aliphatic rings. The van der Waals surface area contributed by atoms with Crippen LogP contribution in [0.15, 0.2) is 61.2 Å². The first kappa shape index (κ1) is 18.7. The second-order valence-electron chi connectivity index (χ2n) is 7.00. The van der Waals surface area contributed by atoms with Gasteiger partial charge in [-0.15, -0.1) is 0 Å². The van der Waals surface area contributed by atoms with Gasteiger partial charge in [-0.2, -0.15) is 0 Å². The number of amides is 1. The van der Waals surface area contributed by atoms with Crippen LogP contribution in [-0.4, -0.2) is 27.4 Å². The quantitative estimate of drug-likeness (QED) is 0.564. The highest BCUT2D eigenvalue weighted by atomic mass is 16.5. The van der Waals surface area contributed by atoms with Crippen molar-refractivity contribution in [3.05, 3.63) is 83.6 Å². The Kier molecular flexibility index (Phi) is 4.99. The highest BCUT2D eigenvalue weighted by Crippen LogP contribution is 2.30. The number of imidazole rings is 1. The molecule has 3 aromatic heterocycles. The van der Waals surface area contributed by atoms with E-state index in [1.807, 2.05) is 48.7 Å². The zero-order chi connectivity index (χ0) is 20.4. The van der Waals surface area contributed by atoms with Gasteiger partial charge in [0.2, 0.25) is 0 Å². The minimum Gasteiger partial charge on any atom is -0.496 e. The van der Waals surface area contributed by atoms with Crippen LogP contribution in [0.2, 0.25) is 0 Å². The number of fused-ring (bicyclic) bond motifs is 1. The fourth-order valence-electron chi connectivity index (χ4n) is 3.49. The topological polar surface area (TPSA) is 68.5 Å². The number of rotatable bonds is 5. The smallest absolute Gasteiger partial charge is 0.271 e. The predicted molar refractivity (Wildman–Crippen MR) is 112 cm³/mol. The average Bonchev–Trinajstić information content (AvgIpc) is 3.16. The molecule has 29 heavy (non-hydrogen) atoms. The first-order valence-corrected chi connectivity index (χ1v) is 9.36. The summed E-state index contributed by atoms with van der Waals surface area (Å²) in [6.07, 6.45) is 7.17. The minimum atomic E-state index is -0.213. The van der Waals surface area contributed by atoms with Gasteiger partial charge in [0.1, 0.15) is 17.1 Å². The van der Waals surface area contributed by atoms with Crippen molar-refractivity contribution in [2.24, 2.45) is 0 Å². The molecule has 0 aliphatic heterocycles. The molecule has 4 rings (SSSR count). The Labute approximate surface area is 169 Å². The number of methoxy groups -OCH3 is 1. The van der Waals surface area contributed by atoms with E-state index in [0.717, 1.165) is 39.2 Å². The van der Waals surface area contributed by atoms with Gasteiger partial charge >= 0.3 is 0 Å². The maximum atomic E-state index is 12.5. The number of aromatic nitrogens is 3. The Morgan fingerprint density at radius 2 is 1.90 bits per heavy atom. The number of nitrogens with zero attached hydrogens (tertiary/aromatic N) is 3. The molecule has 0 atom stereocenters. The van der Waals surface area contributed by atoms with E-state index in [1.54, 1.807) is 25.7 Å². The van der Waals surface area contributed by atoms with Crippen LogP contribution in [0.1, 0.15) is 27.2 Å². The van der Waals surface area contributed by atoms with Crippen LogP contribution in [0.25, 0.3) is 16.8 Å². The fourth-order valence-corrected chi connectivity index (χ4v) is 3.49. The van der Waals surface area contributed by atoms with E-state index in [9.17, 15) is 4.79 Å². The van der Waals surface area contributed by atoms with Crippen molar-refractivity contribution in [3.8, 4) is 16.9 Å². The molecule has 6 heteroatoms.